The number of hydrogen-bond acceptors (Lipinski definition) is 2. The van der Waals surface area contributed by atoms with Crippen molar-refractivity contribution in [2.45, 2.75) is 39.2 Å². The molecule has 4 heteroatoms. The minimum atomic E-state index is -0.232. The Kier molecular flexibility index (Phi) is 7.11. The molecule has 2 N–H and O–H groups in total. The highest BCUT2D eigenvalue weighted by Gasteiger charge is 2.02. The van der Waals surface area contributed by atoms with Gasteiger partial charge in [0.1, 0.15) is 5.82 Å². The Hall–Kier alpha value is -1.42. The standard InChI is InChI=1S/C15H23FN2O/c1-3-12(2)17-11-9-15(19)18-10-8-13-4-6-14(16)7-5-13/h4-7,12,17H,3,8-11H2,1-2H3,(H,18,19). The first kappa shape index (κ1) is 15.6. The van der Waals surface area contributed by atoms with Crippen molar-refractivity contribution in [2.75, 3.05) is 13.1 Å². The first-order valence-electron chi connectivity index (χ1n) is 6.86. The Morgan fingerprint density at radius 2 is 1.95 bits per heavy atom. The van der Waals surface area contributed by atoms with Gasteiger partial charge in [0, 0.05) is 25.6 Å². The quantitative estimate of drug-likeness (QED) is 0.758. The predicted molar refractivity (Wildman–Crippen MR) is 75.5 cm³/mol. The second-order valence-corrected chi connectivity index (χ2v) is 4.74. The van der Waals surface area contributed by atoms with E-state index in [2.05, 4.69) is 24.5 Å². The van der Waals surface area contributed by atoms with Crippen LogP contribution in [0.15, 0.2) is 24.3 Å². The van der Waals surface area contributed by atoms with Crippen molar-refractivity contribution in [1.82, 2.24) is 10.6 Å². The molecule has 0 saturated carbocycles. The van der Waals surface area contributed by atoms with Crippen molar-refractivity contribution in [3.05, 3.63) is 35.6 Å². The number of nitrogens with one attached hydrogen (secondary N) is 2. The zero-order valence-corrected chi connectivity index (χ0v) is 11.7. The summed E-state index contributed by atoms with van der Waals surface area (Å²) in [6.45, 7) is 5.51. The molecule has 19 heavy (non-hydrogen) atoms. The summed E-state index contributed by atoms with van der Waals surface area (Å²) in [5.74, 6) is -0.179. The van der Waals surface area contributed by atoms with E-state index in [0.717, 1.165) is 18.4 Å². The molecule has 106 valence electrons. The van der Waals surface area contributed by atoms with Crippen LogP contribution < -0.4 is 10.6 Å². The van der Waals surface area contributed by atoms with Crippen molar-refractivity contribution in [3.8, 4) is 0 Å². The smallest absolute Gasteiger partial charge is 0.221 e. The number of amides is 1. The molecule has 0 aliphatic heterocycles. The Labute approximate surface area is 114 Å². The number of rotatable bonds is 8. The van der Waals surface area contributed by atoms with Gasteiger partial charge >= 0.3 is 0 Å². The summed E-state index contributed by atoms with van der Waals surface area (Å²) in [4.78, 5) is 11.5. The Morgan fingerprint density at radius 1 is 1.26 bits per heavy atom. The third kappa shape index (κ3) is 6.91. The highest BCUT2D eigenvalue weighted by molar-refractivity contribution is 5.76. The number of benzene rings is 1. The Morgan fingerprint density at radius 3 is 2.58 bits per heavy atom. The lowest BCUT2D eigenvalue weighted by atomic mass is 10.1. The zero-order chi connectivity index (χ0) is 14.1. The summed E-state index contributed by atoms with van der Waals surface area (Å²) in [5.41, 5.74) is 1.03. The molecule has 0 spiro atoms. The summed E-state index contributed by atoms with van der Waals surface area (Å²) < 4.78 is 12.7. The molecule has 0 aliphatic rings. The normalized spacial score (nSPS) is 12.2. The van der Waals surface area contributed by atoms with Gasteiger partial charge in [-0.15, -0.1) is 0 Å². The number of hydrogen-bond donors (Lipinski definition) is 2. The molecule has 0 aromatic heterocycles. The van der Waals surface area contributed by atoms with E-state index in [9.17, 15) is 9.18 Å². The third-order valence-corrected chi connectivity index (χ3v) is 3.11. The molecule has 0 heterocycles. The first-order chi connectivity index (χ1) is 9.11. The maximum Gasteiger partial charge on any atom is 0.221 e. The van der Waals surface area contributed by atoms with E-state index >= 15 is 0 Å². The average molecular weight is 266 g/mol. The monoisotopic (exact) mass is 266 g/mol. The lowest BCUT2D eigenvalue weighted by molar-refractivity contribution is -0.120. The lowest BCUT2D eigenvalue weighted by Gasteiger charge is -2.11. The van der Waals surface area contributed by atoms with E-state index in [-0.39, 0.29) is 11.7 Å². The summed E-state index contributed by atoms with van der Waals surface area (Å²) in [7, 11) is 0. The van der Waals surface area contributed by atoms with Crippen LogP contribution >= 0.6 is 0 Å². The first-order valence-corrected chi connectivity index (χ1v) is 6.86. The summed E-state index contributed by atoms with van der Waals surface area (Å²) in [6, 6.07) is 6.81. The van der Waals surface area contributed by atoms with Gasteiger partial charge in [-0.1, -0.05) is 19.1 Å². The van der Waals surface area contributed by atoms with Crippen LogP contribution in [0.4, 0.5) is 4.39 Å². The van der Waals surface area contributed by atoms with Crippen LogP contribution in [-0.4, -0.2) is 25.0 Å². The molecule has 1 amide bonds. The molecular weight excluding hydrogens is 243 g/mol. The topological polar surface area (TPSA) is 41.1 Å². The molecule has 0 radical (unpaired) electrons. The van der Waals surface area contributed by atoms with Crippen LogP contribution in [0.5, 0.6) is 0 Å². The number of carbonyl (C=O) groups is 1. The van der Waals surface area contributed by atoms with Gasteiger partial charge in [-0.2, -0.15) is 0 Å². The van der Waals surface area contributed by atoms with Gasteiger partial charge < -0.3 is 10.6 Å². The van der Waals surface area contributed by atoms with Crippen molar-refractivity contribution in [2.24, 2.45) is 0 Å². The van der Waals surface area contributed by atoms with Gasteiger partial charge in [0.2, 0.25) is 5.91 Å². The zero-order valence-electron chi connectivity index (χ0n) is 11.7. The Bertz CT molecular complexity index is 378. The van der Waals surface area contributed by atoms with Gasteiger partial charge in [0.05, 0.1) is 0 Å². The van der Waals surface area contributed by atoms with Crippen LogP contribution in [0.1, 0.15) is 32.3 Å². The van der Waals surface area contributed by atoms with Crippen LogP contribution in [0, 0.1) is 5.82 Å². The molecule has 1 unspecified atom stereocenters. The minimum absolute atomic E-state index is 0.0536. The van der Waals surface area contributed by atoms with E-state index in [1.54, 1.807) is 12.1 Å². The molecule has 0 bridgehead atoms. The maximum absolute atomic E-state index is 12.7. The minimum Gasteiger partial charge on any atom is -0.356 e. The number of halogens is 1. The lowest BCUT2D eigenvalue weighted by Crippen LogP contribution is -2.32. The summed E-state index contributed by atoms with van der Waals surface area (Å²) in [6.07, 6.45) is 2.28. The van der Waals surface area contributed by atoms with Crippen LogP contribution in [-0.2, 0) is 11.2 Å². The van der Waals surface area contributed by atoms with E-state index in [1.807, 2.05) is 0 Å². The van der Waals surface area contributed by atoms with Crippen LogP contribution in [0.3, 0.4) is 0 Å². The fourth-order valence-electron chi connectivity index (χ4n) is 1.66. The summed E-state index contributed by atoms with van der Waals surface area (Å²) in [5, 5.41) is 6.14. The average Bonchev–Trinajstić information content (AvgIpc) is 2.41. The Balaban J connectivity index is 2.11. The van der Waals surface area contributed by atoms with Crippen molar-refractivity contribution < 1.29 is 9.18 Å². The van der Waals surface area contributed by atoms with Crippen LogP contribution in [0.25, 0.3) is 0 Å². The molecule has 0 saturated heterocycles. The molecular formula is C15H23FN2O. The van der Waals surface area contributed by atoms with E-state index in [0.29, 0.717) is 25.6 Å². The van der Waals surface area contributed by atoms with Crippen molar-refractivity contribution in [1.29, 1.82) is 0 Å². The maximum atomic E-state index is 12.7. The third-order valence-electron chi connectivity index (χ3n) is 3.11. The fourth-order valence-corrected chi connectivity index (χ4v) is 1.66. The number of carbonyl (C=O) groups excluding carboxylic acids is 1. The largest absolute Gasteiger partial charge is 0.356 e. The predicted octanol–water partition coefficient (Wildman–Crippen LogP) is 2.26. The molecule has 0 aliphatic carbocycles. The van der Waals surface area contributed by atoms with E-state index < -0.39 is 0 Å². The van der Waals surface area contributed by atoms with Gasteiger partial charge in [-0.05, 0) is 37.5 Å². The van der Waals surface area contributed by atoms with E-state index in [4.69, 9.17) is 0 Å². The molecule has 0 fully saturated rings. The van der Waals surface area contributed by atoms with Crippen molar-refractivity contribution >= 4 is 5.91 Å². The molecule has 1 aromatic carbocycles. The highest BCUT2D eigenvalue weighted by Crippen LogP contribution is 2.02. The van der Waals surface area contributed by atoms with E-state index in [1.165, 1.54) is 12.1 Å². The van der Waals surface area contributed by atoms with Crippen LogP contribution in [0.2, 0.25) is 0 Å². The fraction of sp³-hybridized carbons (Fsp3) is 0.533. The van der Waals surface area contributed by atoms with Gasteiger partial charge in [-0.3, -0.25) is 4.79 Å². The molecule has 1 aromatic rings. The summed E-state index contributed by atoms with van der Waals surface area (Å²) >= 11 is 0. The second-order valence-electron chi connectivity index (χ2n) is 4.74. The second kappa shape index (κ2) is 8.64. The SMILES string of the molecule is CCC(C)NCCC(=O)NCCc1ccc(F)cc1. The molecule has 3 nitrogen and oxygen atoms in total. The highest BCUT2D eigenvalue weighted by atomic mass is 19.1. The molecule has 1 rings (SSSR count). The van der Waals surface area contributed by atoms with Gasteiger partial charge in [-0.25, -0.2) is 4.39 Å². The molecule has 1 atom stereocenters. The van der Waals surface area contributed by atoms with Gasteiger partial charge in [0.25, 0.3) is 0 Å². The van der Waals surface area contributed by atoms with Gasteiger partial charge in [0.15, 0.2) is 0 Å². The van der Waals surface area contributed by atoms with Crippen molar-refractivity contribution in [3.63, 3.8) is 0 Å².